The van der Waals surface area contributed by atoms with Gasteiger partial charge in [-0.15, -0.1) is 0 Å². The Morgan fingerprint density at radius 3 is 3.07 bits per heavy atom. The Morgan fingerprint density at radius 1 is 1.57 bits per heavy atom. The minimum absolute atomic E-state index is 0.00690. The Hall–Kier alpha value is -0.670. The van der Waals surface area contributed by atoms with Gasteiger partial charge in [0.1, 0.15) is 0 Å². The van der Waals surface area contributed by atoms with Gasteiger partial charge >= 0.3 is 0 Å². The number of carbonyl (C=O) groups excluding carboxylic acids is 1. The van der Waals surface area contributed by atoms with E-state index in [9.17, 15) is 4.79 Å². The number of ketones is 1. The van der Waals surface area contributed by atoms with Crippen molar-refractivity contribution >= 4 is 5.78 Å². The molecule has 0 N–H and O–H groups in total. The first-order valence-corrected chi connectivity index (χ1v) is 5.12. The Balaban J connectivity index is 2.14. The Kier molecular flexibility index (Phi) is 1.52. The van der Waals surface area contributed by atoms with Crippen LogP contribution in [0.4, 0.5) is 0 Å². The van der Waals surface area contributed by atoms with Crippen molar-refractivity contribution in [3.63, 3.8) is 0 Å². The summed E-state index contributed by atoms with van der Waals surface area (Å²) in [6.07, 6.45) is 4.13. The van der Waals surface area contributed by atoms with Crippen molar-refractivity contribution in [3.05, 3.63) is 12.2 Å². The zero-order valence-corrected chi connectivity index (χ0v) is 8.40. The zero-order valence-electron chi connectivity index (χ0n) is 8.40. The molecule has 4 aliphatic rings. The highest BCUT2D eigenvalue weighted by atomic mass is 16.7. The number of allylic oxidation sites excluding steroid dienone is 1. The average Bonchev–Trinajstić information content (AvgIpc) is 2.55. The van der Waals surface area contributed by atoms with Crippen LogP contribution in [0, 0.1) is 23.7 Å². The van der Waals surface area contributed by atoms with Crippen molar-refractivity contribution in [1.29, 1.82) is 0 Å². The molecule has 1 heterocycles. The maximum absolute atomic E-state index is 12.1. The van der Waals surface area contributed by atoms with Crippen molar-refractivity contribution in [1.82, 2.24) is 0 Å². The monoisotopic (exact) mass is 194 g/mol. The number of methoxy groups -OCH3 is 1. The van der Waals surface area contributed by atoms with Crippen LogP contribution >= 0.6 is 0 Å². The molecule has 0 aromatic carbocycles. The van der Waals surface area contributed by atoms with Gasteiger partial charge in [-0.3, -0.25) is 4.79 Å². The second kappa shape index (κ2) is 2.47. The number of hydrogen-bond donors (Lipinski definition) is 0. The summed E-state index contributed by atoms with van der Waals surface area (Å²) in [6.45, 7) is 2.80. The molecule has 0 aromatic rings. The van der Waals surface area contributed by atoms with E-state index in [4.69, 9.17) is 9.47 Å². The van der Waals surface area contributed by atoms with Gasteiger partial charge in [0.15, 0.2) is 5.78 Å². The van der Waals surface area contributed by atoms with Gasteiger partial charge in [0.2, 0.25) is 5.79 Å². The lowest BCUT2D eigenvalue weighted by Crippen LogP contribution is -2.57. The molecule has 1 saturated heterocycles. The van der Waals surface area contributed by atoms with Crippen LogP contribution in [0.3, 0.4) is 0 Å². The molecule has 14 heavy (non-hydrogen) atoms. The van der Waals surface area contributed by atoms with Crippen LogP contribution in [0.15, 0.2) is 12.2 Å². The van der Waals surface area contributed by atoms with Crippen molar-refractivity contribution in [2.24, 2.45) is 23.7 Å². The molecule has 0 aromatic heterocycles. The van der Waals surface area contributed by atoms with Crippen LogP contribution in [-0.4, -0.2) is 25.3 Å². The molecule has 3 aliphatic carbocycles. The fraction of sp³-hybridized carbons (Fsp3) is 0.727. The number of rotatable bonds is 1. The minimum Gasteiger partial charge on any atom is -0.347 e. The molecule has 4 rings (SSSR count). The third kappa shape index (κ3) is 0.708. The molecule has 5 atom stereocenters. The second-order valence-corrected chi connectivity index (χ2v) is 4.51. The van der Waals surface area contributed by atoms with Crippen LogP contribution in [0.1, 0.15) is 6.92 Å². The summed E-state index contributed by atoms with van der Waals surface area (Å²) in [5.74, 6) is 0.198. The van der Waals surface area contributed by atoms with E-state index in [0.29, 0.717) is 18.4 Å². The van der Waals surface area contributed by atoms with E-state index in [1.165, 1.54) is 0 Å². The number of Topliss-reactive ketones (excluding diaryl/α,β-unsaturated/α-hetero) is 1. The molecular formula is C11H14O3. The highest BCUT2D eigenvalue weighted by molar-refractivity contribution is 5.93. The van der Waals surface area contributed by atoms with Gasteiger partial charge in [-0.1, -0.05) is 19.1 Å². The predicted octanol–water partition coefficient (Wildman–Crippen LogP) is 0.996. The SMILES string of the molecule is CO[C@@]12OC[C@@H]3[C@@H](C)[C@@H](C=C[C@@H]31)C2=O. The largest absolute Gasteiger partial charge is 0.347 e. The second-order valence-electron chi connectivity index (χ2n) is 4.51. The molecule has 0 amide bonds. The molecule has 0 spiro atoms. The third-order valence-corrected chi connectivity index (χ3v) is 4.11. The lowest BCUT2D eigenvalue weighted by atomic mass is 9.61. The number of ether oxygens (including phenoxy) is 2. The van der Waals surface area contributed by atoms with Crippen LogP contribution in [-0.2, 0) is 14.3 Å². The van der Waals surface area contributed by atoms with Gasteiger partial charge in [-0.2, -0.15) is 0 Å². The fourth-order valence-electron chi connectivity index (χ4n) is 3.22. The van der Waals surface area contributed by atoms with Gasteiger partial charge in [0.05, 0.1) is 6.61 Å². The van der Waals surface area contributed by atoms with Crippen LogP contribution < -0.4 is 0 Å². The van der Waals surface area contributed by atoms with Gasteiger partial charge in [-0.05, 0) is 11.8 Å². The van der Waals surface area contributed by atoms with Gasteiger partial charge < -0.3 is 9.47 Å². The minimum atomic E-state index is -0.934. The lowest BCUT2D eigenvalue weighted by molar-refractivity contribution is -0.216. The lowest BCUT2D eigenvalue weighted by Gasteiger charge is -2.44. The smallest absolute Gasteiger partial charge is 0.236 e. The standard InChI is InChI=1S/C11H14O3/c1-6-7-3-4-9-8(6)5-14-11(9,13-2)10(7)12/h3-4,6-9H,5H2,1-2H3/t6-,7+,8+,9-,11+/m0/s1. The van der Waals surface area contributed by atoms with E-state index < -0.39 is 5.79 Å². The molecule has 0 unspecified atom stereocenters. The summed E-state index contributed by atoms with van der Waals surface area (Å²) in [7, 11) is 1.57. The molecular weight excluding hydrogens is 180 g/mol. The Morgan fingerprint density at radius 2 is 2.36 bits per heavy atom. The molecule has 0 radical (unpaired) electrons. The van der Waals surface area contributed by atoms with Gasteiger partial charge in [0, 0.05) is 18.9 Å². The molecule has 4 bridgehead atoms. The van der Waals surface area contributed by atoms with Crippen molar-refractivity contribution < 1.29 is 14.3 Å². The van der Waals surface area contributed by atoms with E-state index in [1.54, 1.807) is 7.11 Å². The first-order chi connectivity index (χ1) is 6.70. The summed E-state index contributed by atoms with van der Waals surface area (Å²) in [5.41, 5.74) is 0. The Labute approximate surface area is 83.1 Å². The summed E-state index contributed by atoms with van der Waals surface area (Å²) in [6, 6.07) is 0. The molecule has 3 heteroatoms. The topological polar surface area (TPSA) is 35.5 Å². The van der Waals surface area contributed by atoms with Gasteiger partial charge in [-0.25, -0.2) is 0 Å². The summed E-state index contributed by atoms with van der Waals surface area (Å²) < 4.78 is 10.9. The highest BCUT2D eigenvalue weighted by Gasteiger charge is 2.64. The van der Waals surface area contributed by atoms with Crippen molar-refractivity contribution in [2.75, 3.05) is 13.7 Å². The quantitative estimate of drug-likeness (QED) is 0.584. The normalized spacial score (nSPS) is 54.3. The van der Waals surface area contributed by atoms with E-state index in [-0.39, 0.29) is 17.6 Å². The Bertz CT molecular complexity index is 322. The highest BCUT2D eigenvalue weighted by Crippen LogP contribution is 2.54. The molecule has 2 fully saturated rings. The van der Waals surface area contributed by atoms with Crippen molar-refractivity contribution in [2.45, 2.75) is 12.7 Å². The number of carbonyl (C=O) groups is 1. The summed E-state index contributed by atoms with van der Waals surface area (Å²) >= 11 is 0. The summed E-state index contributed by atoms with van der Waals surface area (Å²) in [4.78, 5) is 12.1. The molecule has 3 nitrogen and oxygen atoms in total. The van der Waals surface area contributed by atoms with Crippen LogP contribution in [0.2, 0.25) is 0 Å². The maximum Gasteiger partial charge on any atom is 0.236 e. The molecule has 76 valence electrons. The van der Waals surface area contributed by atoms with Crippen LogP contribution in [0.5, 0.6) is 0 Å². The van der Waals surface area contributed by atoms with E-state index >= 15 is 0 Å². The first kappa shape index (κ1) is 8.62. The maximum atomic E-state index is 12.1. The zero-order chi connectivity index (χ0) is 9.92. The average molecular weight is 194 g/mol. The first-order valence-electron chi connectivity index (χ1n) is 5.12. The van der Waals surface area contributed by atoms with E-state index in [2.05, 4.69) is 13.0 Å². The predicted molar refractivity (Wildman–Crippen MR) is 49.5 cm³/mol. The molecule has 1 saturated carbocycles. The third-order valence-electron chi connectivity index (χ3n) is 4.11. The van der Waals surface area contributed by atoms with Crippen molar-refractivity contribution in [3.8, 4) is 0 Å². The van der Waals surface area contributed by atoms with Crippen LogP contribution in [0.25, 0.3) is 0 Å². The fourth-order valence-corrected chi connectivity index (χ4v) is 3.22. The number of hydrogen-bond acceptors (Lipinski definition) is 3. The summed E-state index contributed by atoms with van der Waals surface area (Å²) in [5, 5.41) is 0. The van der Waals surface area contributed by atoms with E-state index in [1.807, 2.05) is 6.08 Å². The van der Waals surface area contributed by atoms with E-state index in [0.717, 1.165) is 0 Å². The van der Waals surface area contributed by atoms with Gasteiger partial charge in [0.25, 0.3) is 0 Å². The molecule has 1 aliphatic heterocycles.